The first-order chi connectivity index (χ1) is 10.6. The van der Waals surface area contributed by atoms with E-state index < -0.39 is 4.92 Å². The van der Waals surface area contributed by atoms with E-state index in [1.54, 1.807) is 25.3 Å². The minimum atomic E-state index is -0.465. The summed E-state index contributed by atoms with van der Waals surface area (Å²) in [6.45, 7) is 1.89. The second-order valence-electron chi connectivity index (χ2n) is 5.58. The van der Waals surface area contributed by atoms with Gasteiger partial charge in [0.05, 0.1) is 23.5 Å². The average Bonchev–Trinajstić information content (AvgIpc) is 2.95. The van der Waals surface area contributed by atoms with Gasteiger partial charge in [-0.3, -0.25) is 14.9 Å². The van der Waals surface area contributed by atoms with E-state index >= 15 is 0 Å². The summed E-state index contributed by atoms with van der Waals surface area (Å²) in [5.41, 5.74) is 0.168. The summed E-state index contributed by atoms with van der Waals surface area (Å²) in [4.78, 5) is 22.6. The number of nitrogens with one attached hydrogen (secondary N) is 2. The van der Waals surface area contributed by atoms with Crippen molar-refractivity contribution in [2.45, 2.75) is 24.8 Å². The lowest BCUT2D eigenvalue weighted by molar-refractivity contribution is -0.385. The van der Waals surface area contributed by atoms with Crippen LogP contribution in [0.15, 0.2) is 24.3 Å². The number of halogens is 1. The lowest BCUT2D eigenvalue weighted by atomic mass is 9.98. The third-order valence-corrected chi connectivity index (χ3v) is 3.92. The highest BCUT2D eigenvalue weighted by atomic mass is 35.5. The van der Waals surface area contributed by atoms with Gasteiger partial charge in [0.2, 0.25) is 5.91 Å². The van der Waals surface area contributed by atoms with Gasteiger partial charge in [0.15, 0.2) is 0 Å². The van der Waals surface area contributed by atoms with Crippen LogP contribution in [0.1, 0.15) is 18.4 Å². The predicted molar refractivity (Wildman–Crippen MR) is 88.9 cm³/mol. The van der Waals surface area contributed by atoms with Crippen LogP contribution in [0.4, 0.5) is 5.69 Å². The number of nitrogens with zero attached hydrogens (tertiary/aromatic N) is 1. The van der Waals surface area contributed by atoms with Crippen molar-refractivity contribution >= 4 is 24.0 Å². The molecule has 2 N–H and O–H groups in total. The molecule has 0 aromatic heterocycles. The first kappa shape index (κ1) is 19.3. The molecule has 0 bridgehead atoms. The van der Waals surface area contributed by atoms with Gasteiger partial charge in [-0.15, -0.1) is 12.4 Å². The molecule has 2 rings (SSSR count). The number of hydrogen-bond acceptors (Lipinski definition) is 5. The molecule has 0 radical (unpaired) electrons. The number of ether oxygens (including phenoxy) is 1. The molecule has 1 unspecified atom stereocenters. The number of benzene rings is 1. The SMILES string of the molecule is COCC1(CNC(=O)Cc2ccccc2[N+](=O)[O-])CCCN1.Cl. The minimum absolute atomic E-state index is 0. The van der Waals surface area contributed by atoms with E-state index in [2.05, 4.69) is 10.6 Å². The Kier molecular flexibility index (Phi) is 7.41. The number of carbonyl (C=O) groups is 1. The zero-order valence-corrected chi connectivity index (χ0v) is 13.9. The Morgan fingerprint density at radius 1 is 1.48 bits per heavy atom. The largest absolute Gasteiger partial charge is 0.383 e. The molecule has 1 aromatic rings. The number of hydrogen-bond donors (Lipinski definition) is 2. The minimum Gasteiger partial charge on any atom is -0.383 e. The second-order valence-corrected chi connectivity index (χ2v) is 5.58. The fourth-order valence-electron chi connectivity index (χ4n) is 2.81. The number of methoxy groups -OCH3 is 1. The summed E-state index contributed by atoms with van der Waals surface area (Å²) in [6, 6.07) is 6.31. The molecule has 0 saturated carbocycles. The van der Waals surface area contributed by atoms with Crippen LogP contribution in [-0.4, -0.2) is 43.2 Å². The predicted octanol–water partition coefficient (Wildman–Crippen LogP) is 1.44. The van der Waals surface area contributed by atoms with Gasteiger partial charge in [-0.2, -0.15) is 0 Å². The fraction of sp³-hybridized carbons (Fsp3) is 0.533. The van der Waals surface area contributed by atoms with E-state index in [-0.39, 0.29) is 36.0 Å². The third-order valence-electron chi connectivity index (χ3n) is 3.92. The van der Waals surface area contributed by atoms with Gasteiger partial charge in [-0.05, 0) is 19.4 Å². The standard InChI is InChI=1S/C15H21N3O4.ClH/c1-22-11-15(7-4-8-17-15)10-16-14(19)9-12-5-2-3-6-13(12)18(20)21;/h2-3,5-6,17H,4,7-11H2,1H3,(H,16,19);1H. The van der Waals surface area contributed by atoms with Crippen LogP contribution in [0, 0.1) is 10.1 Å². The van der Waals surface area contributed by atoms with Crippen LogP contribution in [0.3, 0.4) is 0 Å². The van der Waals surface area contributed by atoms with Crippen LogP contribution >= 0.6 is 12.4 Å². The maximum absolute atomic E-state index is 12.1. The van der Waals surface area contributed by atoms with E-state index in [4.69, 9.17) is 4.74 Å². The third kappa shape index (κ3) is 5.16. The fourth-order valence-corrected chi connectivity index (χ4v) is 2.81. The van der Waals surface area contributed by atoms with Crippen LogP contribution < -0.4 is 10.6 Å². The van der Waals surface area contributed by atoms with Gasteiger partial charge in [0.1, 0.15) is 0 Å². The molecule has 0 aliphatic carbocycles. The molecule has 7 nitrogen and oxygen atoms in total. The molecule has 1 aliphatic heterocycles. The highest BCUT2D eigenvalue weighted by Gasteiger charge is 2.33. The molecule has 23 heavy (non-hydrogen) atoms. The number of carbonyl (C=O) groups excluding carboxylic acids is 1. The van der Waals surface area contributed by atoms with Gasteiger partial charge >= 0.3 is 0 Å². The van der Waals surface area contributed by atoms with Crippen molar-refractivity contribution in [2.24, 2.45) is 0 Å². The lowest BCUT2D eigenvalue weighted by Gasteiger charge is -2.28. The molecule has 0 spiro atoms. The number of nitro benzene ring substituents is 1. The molecular formula is C15H22ClN3O4. The first-order valence-electron chi connectivity index (χ1n) is 7.29. The first-order valence-corrected chi connectivity index (χ1v) is 7.29. The molecule has 1 aromatic carbocycles. The Labute approximate surface area is 141 Å². The Morgan fingerprint density at radius 3 is 2.83 bits per heavy atom. The summed E-state index contributed by atoms with van der Waals surface area (Å²) < 4.78 is 5.23. The van der Waals surface area contributed by atoms with Crippen molar-refractivity contribution in [1.82, 2.24) is 10.6 Å². The van der Waals surface area contributed by atoms with Crippen LogP contribution in [-0.2, 0) is 16.0 Å². The van der Waals surface area contributed by atoms with E-state index in [0.717, 1.165) is 19.4 Å². The number of para-hydroxylation sites is 1. The summed E-state index contributed by atoms with van der Waals surface area (Å²) in [6.07, 6.45) is 1.98. The van der Waals surface area contributed by atoms with E-state index in [0.29, 0.717) is 18.7 Å². The summed E-state index contributed by atoms with van der Waals surface area (Å²) >= 11 is 0. The quantitative estimate of drug-likeness (QED) is 0.577. The van der Waals surface area contributed by atoms with Crippen molar-refractivity contribution in [3.8, 4) is 0 Å². The van der Waals surface area contributed by atoms with Crippen LogP contribution in [0.2, 0.25) is 0 Å². The normalized spacial score (nSPS) is 19.9. The van der Waals surface area contributed by atoms with Gasteiger partial charge < -0.3 is 15.4 Å². The molecular weight excluding hydrogens is 322 g/mol. The average molecular weight is 344 g/mol. The van der Waals surface area contributed by atoms with Crippen LogP contribution in [0.5, 0.6) is 0 Å². The highest BCUT2D eigenvalue weighted by Crippen LogP contribution is 2.20. The van der Waals surface area contributed by atoms with Gasteiger partial charge in [-0.25, -0.2) is 0 Å². The number of nitro groups is 1. The van der Waals surface area contributed by atoms with Gasteiger partial charge in [0.25, 0.3) is 5.69 Å². The molecule has 1 aliphatic rings. The summed E-state index contributed by atoms with van der Waals surface area (Å²) in [5, 5.41) is 17.2. The summed E-state index contributed by atoms with van der Waals surface area (Å²) in [7, 11) is 1.64. The van der Waals surface area contributed by atoms with E-state index in [9.17, 15) is 14.9 Å². The van der Waals surface area contributed by atoms with Crippen molar-refractivity contribution < 1.29 is 14.5 Å². The molecule has 1 atom stereocenters. The van der Waals surface area contributed by atoms with Crippen molar-refractivity contribution in [1.29, 1.82) is 0 Å². The summed E-state index contributed by atoms with van der Waals surface area (Å²) in [5.74, 6) is -0.224. The second kappa shape index (κ2) is 8.81. The highest BCUT2D eigenvalue weighted by molar-refractivity contribution is 5.85. The molecule has 1 fully saturated rings. The van der Waals surface area contributed by atoms with E-state index in [1.807, 2.05) is 0 Å². The molecule has 1 saturated heterocycles. The Balaban J connectivity index is 0.00000264. The van der Waals surface area contributed by atoms with Crippen molar-refractivity contribution in [3.05, 3.63) is 39.9 Å². The topological polar surface area (TPSA) is 93.5 Å². The maximum atomic E-state index is 12.1. The maximum Gasteiger partial charge on any atom is 0.273 e. The van der Waals surface area contributed by atoms with Crippen molar-refractivity contribution in [2.75, 3.05) is 26.8 Å². The Bertz CT molecular complexity index is 547. The number of amides is 1. The van der Waals surface area contributed by atoms with E-state index in [1.165, 1.54) is 6.07 Å². The molecule has 1 amide bonds. The molecule has 128 valence electrons. The Morgan fingerprint density at radius 2 is 2.22 bits per heavy atom. The zero-order valence-electron chi connectivity index (χ0n) is 13.0. The monoisotopic (exact) mass is 343 g/mol. The molecule has 1 heterocycles. The smallest absolute Gasteiger partial charge is 0.273 e. The molecule has 8 heteroatoms. The van der Waals surface area contributed by atoms with Gasteiger partial charge in [0, 0.05) is 25.3 Å². The van der Waals surface area contributed by atoms with Crippen LogP contribution in [0.25, 0.3) is 0 Å². The lowest BCUT2D eigenvalue weighted by Crippen LogP contribution is -2.53. The Hall–Kier alpha value is -1.70. The van der Waals surface area contributed by atoms with Crippen molar-refractivity contribution in [3.63, 3.8) is 0 Å². The zero-order chi connectivity index (χ0) is 16.0. The van der Waals surface area contributed by atoms with Gasteiger partial charge in [-0.1, -0.05) is 18.2 Å². The number of rotatable bonds is 7.